The van der Waals surface area contributed by atoms with E-state index in [2.05, 4.69) is 11.8 Å². The van der Waals surface area contributed by atoms with Crippen molar-refractivity contribution in [3.8, 4) is 0 Å². The summed E-state index contributed by atoms with van der Waals surface area (Å²) in [7, 11) is 0. The van der Waals surface area contributed by atoms with Gasteiger partial charge in [0.1, 0.15) is 0 Å². The topological polar surface area (TPSA) is 38.5 Å². The molecule has 3 fully saturated rings. The maximum Gasteiger partial charge on any atom is 0.0565 e. The van der Waals surface area contributed by atoms with Gasteiger partial charge in [0.05, 0.1) is 6.10 Å². The lowest BCUT2D eigenvalue weighted by molar-refractivity contribution is -0.0681. The Hall–Kier alpha value is -0.120. The van der Waals surface area contributed by atoms with Crippen LogP contribution in [0.4, 0.5) is 0 Å². The second kappa shape index (κ2) is 4.52. The minimum Gasteiger partial charge on any atom is -0.378 e. The Balaban J connectivity index is 1.74. The first-order valence-corrected chi connectivity index (χ1v) is 7.32. The smallest absolute Gasteiger partial charge is 0.0565 e. The molecule has 0 bridgehead atoms. The number of nitrogens with two attached hydrogens (primary N) is 1. The average Bonchev–Trinajstić information content (AvgIpc) is 3.17. The Labute approximate surface area is 105 Å². The summed E-state index contributed by atoms with van der Waals surface area (Å²) >= 11 is 0. The van der Waals surface area contributed by atoms with Crippen LogP contribution in [0.5, 0.6) is 0 Å². The fourth-order valence-electron chi connectivity index (χ4n) is 3.40. The van der Waals surface area contributed by atoms with Crippen molar-refractivity contribution in [2.24, 2.45) is 11.7 Å². The summed E-state index contributed by atoms with van der Waals surface area (Å²) in [5.74, 6) is 0.970. The minimum absolute atomic E-state index is 0.251. The molecule has 0 aromatic rings. The fraction of sp³-hybridized carbons (Fsp3) is 1.00. The Bertz CT molecular complexity index is 275. The summed E-state index contributed by atoms with van der Waals surface area (Å²) in [6.07, 6.45) is 8.32. The van der Waals surface area contributed by atoms with Crippen molar-refractivity contribution in [3.05, 3.63) is 0 Å². The molecule has 1 aliphatic heterocycles. The summed E-state index contributed by atoms with van der Waals surface area (Å²) in [6.45, 7) is 5.20. The number of hydrogen-bond acceptors (Lipinski definition) is 3. The van der Waals surface area contributed by atoms with Gasteiger partial charge in [-0.05, 0) is 51.4 Å². The predicted octanol–water partition coefficient (Wildman–Crippen LogP) is 1.76. The highest BCUT2D eigenvalue weighted by Gasteiger charge is 2.47. The largest absolute Gasteiger partial charge is 0.378 e. The number of rotatable bonds is 5. The van der Waals surface area contributed by atoms with Gasteiger partial charge in [0, 0.05) is 31.3 Å². The zero-order valence-corrected chi connectivity index (χ0v) is 11.0. The minimum atomic E-state index is 0.251. The van der Waals surface area contributed by atoms with Crippen LogP contribution in [0.15, 0.2) is 0 Å². The molecular formula is C14H26N2O. The van der Waals surface area contributed by atoms with Gasteiger partial charge in [-0.25, -0.2) is 0 Å². The van der Waals surface area contributed by atoms with E-state index < -0.39 is 0 Å². The number of hydrogen-bond donors (Lipinski definition) is 1. The van der Waals surface area contributed by atoms with Crippen LogP contribution in [0.2, 0.25) is 0 Å². The summed E-state index contributed by atoms with van der Waals surface area (Å²) < 4.78 is 5.72. The van der Waals surface area contributed by atoms with Crippen LogP contribution in [0.25, 0.3) is 0 Å². The normalized spacial score (nSPS) is 38.6. The van der Waals surface area contributed by atoms with Crippen LogP contribution in [0.1, 0.15) is 45.4 Å². The maximum absolute atomic E-state index is 6.17. The zero-order chi connectivity index (χ0) is 11.9. The van der Waals surface area contributed by atoms with E-state index in [9.17, 15) is 0 Å². The Morgan fingerprint density at radius 3 is 2.59 bits per heavy atom. The quantitative estimate of drug-likeness (QED) is 0.793. The van der Waals surface area contributed by atoms with Crippen LogP contribution < -0.4 is 5.73 Å². The molecule has 2 unspecified atom stereocenters. The third kappa shape index (κ3) is 2.51. The molecule has 2 aliphatic carbocycles. The molecule has 0 spiro atoms. The molecule has 3 aliphatic rings. The molecule has 0 radical (unpaired) electrons. The standard InChI is InChI=1S/C14H26N2O/c1-11-8-14(10-15,6-7-17-11)16(13-4-5-13)9-12-2-3-12/h11-13H,2-10,15H2,1H3. The SMILES string of the molecule is CC1CC(CN)(N(CC2CC2)C2CC2)CCO1. The van der Waals surface area contributed by atoms with Crippen molar-refractivity contribution in [2.75, 3.05) is 19.7 Å². The maximum atomic E-state index is 6.17. The van der Waals surface area contributed by atoms with Gasteiger partial charge in [0.15, 0.2) is 0 Å². The van der Waals surface area contributed by atoms with Gasteiger partial charge in [-0.2, -0.15) is 0 Å². The van der Waals surface area contributed by atoms with E-state index in [-0.39, 0.29) is 5.54 Å². The van der Waals surface area contributed by atoms with E-state index in [1.807, 2.05) is 0 Å². The zero-order valence-electron chi connectivity index (χ0n) is 11.0. The number of ether oxygens (including phenoxy) is 1. The van der Waals surface area contributed by atoms with E-state index in [1.165, 1.54) is 32.2 Å². The first-order valence-electron chi connectivity index (χ1n) is 7.32. The molecule has 2 N–H and O–H groups in total. The molecule has 2 atom stereocenters. The van der Waals surface area contributed by atoms with Crippen molar-refractivity contribution >= 4 is 0 Å². The molecule has 0 aromatic heterocycles. The van der Waals surface area contributed by atoms with Gasteiger partial charge in [0.25, 0.3) is 0 Å². The molecule has 0 aromatic carbocycles. The lowest BCUT2D eigenvalue weighted by Gasteiger charge is -2.48. The lowest BCUT2D eigenvalue weighted by Crippen LogP contribution is -2.59. The third-order valence-corrected chi connectivity index (χ3v) is 4.77. The molecule has 17 heavy (non-hydrogen) atoms. The van der Waals surface area contributed by atoms with E-state index in [1.54, 1.807) is 0 Å². The van der Waals surface area contributed by atoms with Crippen molar-refractivity contribution in [3.63, 3.8) is 0 Å². The molecule has 1 saturated heterocycles. The molecule has 3 nitrogen and oxygen atoms in total. The summed E-state index contributed by atoms with van der Waals surface area (Å²) in [5.41, 5.74) is 6.42. The molecule has 0 amide bonds. The molecular weight excluding hydrogens is 212 g/mol. The van der Waals surface area contributed by atoms with Gasteiger partial charge in [0.2, 0.25) is 0 Å². The molecule has 2 saturated carbocycles. The van der Waals surface area contributed by atoms with E-state index in [0.717, 1.165) is 38.0 Å². The van der Waals surface area contributed by atoms with Gasteiger partial charge in [-0.3, -0.25) is 4.90 Å². The van der Waals surface area contributed by atoms with E-state index in [4.69, 9.17) is 10.5 Å². The van der Waals surface area contributed by atoms with Gasteiger partial charge < -0.3 is 10.5 Å². The lowest BCUT2D eigenvalue weighted by atomic mass is 9.84. The molecule has 1 heterocycles. The first kappa shape index (κ1) is 11.9. The second-order valence-corrected chi connectivity index (χ2v) is 6.39. The highest BCUT2D eigenvalue weighted by Crippen LogP contribution is 2.42. The monoisotopic (exact) mass is 238 g/mol. The average molecular weight is 238 g/mol. The van der Waals surface area contributed by atoms with Crippen LogP contribution in [0.3, 0.4) is 0 Å². The van der Waals surface area contributed by atoms with Crippen LogP contribution in [0, 0.1) is 5.92 Å². The summed E-state index contributed by atoms with van der Waals surface area (Å²) in [5, 5.41) is 0. The Morgan fingerprint density at radius 2 is 2.06 bits per heavy atom. The van der Waals surface area contributed by atoms with Crippen molar-refractivity contribution < 1.29 is 4.74 Å². The van der Waals surface area contributed by atoms with Crippen molar-refractivity contribution in [1.29, 1.82) is 0 Å². The summed E-state index contributed by atoms with van der Waals surface area (Å²) in [6, 6.07) is 0.837. The second-order valence-electron chi connectivity index (χ2n) is 6.39. The molecule has 98 valence electrons. The van der Waals surface area contributed by atoms with Crippen molar-refractivity contribution in [2.45, 2.75) is 63.1 Å². The van der Waals surface area contributed by atoms with Crippen LogP contribution >= 0.6 is 0 Å². The predicted molar refractivity (Wildman–Crippen MR) is 68.9 cm³/mol. The highest BCUT2D eigenvalue weighted by molar-refractivity contribution is 5.03. The summed E-state index contributed by atoms with van der Waals surface area (Å²) in [4.78, 5) is 2.78. The van der Waals surface area contributed by atoms with Crippen LogP contribution in [-0.4, -0.2) is 42.3 Å². The van der Waals surface area contributed by atoms with Gasteiger partial charge >= 0.3 is 0 Å². The van der Waals surface area contributed by atoms with Gasteiger partial charge in [-0.1, -0.05) is 0 Å². The van der Waals surface area contributed by atoms with Crippen LogP contribution in [-0.2, 0) is 4.74 Å². The molecule has 3 rings (SSSR count). The third-order valence-electron chi connectivity index (χ3n) is 4.77. The van der Waals surface area contributed by atoms with Crippen molar-refractivity contribution in [1.82, 2.24) is 4.90 Å². The van der Waals surface area contributed by atoms with E-state index >= 15 is 0 Å². The van der Waals surface area contributed by atoms with Gasteiger partial charge in [-0.15, -0.1) is 0 Å². The molecule has 3 heteroatoms. The Kier molecular flexibility index (Phi) is 3.18. The van der Waals surface area contributed by atoms with E-state index in [0.29, 0.717) is 6.10 Å². The Morgan fingerprint density at radius 1 is 1.29 bits per heavy atom. The fourth-order valence-corrected chi connectivity index (χ4v) is 3.40. The number of nitrogens with zero attached hydrogens (tertiary/aromatic N) is 1. The first-order chi connectivity index (χ1) is 8.23. The highest BCUT2D eigenvalue weighted by atomic mass is 16.5.